The standard InChI is InChI=1S/C5H10O2.C2H5F3N2/c1-5(2,3)7-4-6;3-2(4,5)1-7-6/h4H,1-3H3;7H,1,6H2. The highest BCUT2D eigenvalue weighted by Gasteiger charge is 2.25. The van der Waals surface area contributed by atoms with Crippen molar-refractivity contribution in [2.24, 2.45) is 5.84 Å². The van der Waals surface area contributed by atoms with Gasteiger partial charge in [-0.3, -0.25) is 16.1 Å². The number of alkyl halides is 3. The van der Waals surface area contributed by atoms with E-state index >= 15 is 0 Å². The Morgan fingerprint density at radius 3 is 1.79 bits per heavy atom. The van der Waals surface area contributed by atoms with Gasteiger partial charge in [-0.25, -0.2) is 0 Å². The van der Waals surface area contributed by atoms with Crippen molar-refractivity contribution in [1.82, 2.24) is 5.43 Å². The number of rotatable bonds is 2. The number of hydrogen-bond donors (Lipinski definition) is 2. The van der Waals surface area contributed by atoms with Crippen LogP contribution in [0.1, 0.15) is 20.8 Å². The smallest absolute Gasteiger partial charge is 0.402 e. The Labute approximate surface area is 80.6 Å². The summed E-state index contributed by atoms with van der Waals surface area (Å²) < 4.78 is 37.3. The third-order valence-corrected chi connectivity index (χ3v) is 0.704. The first-order valence-corrected chi connectivity index (χ1v) is 3.74. The van der Waals surface area contributed by atoms with Crippen molar-refractivity contribution in [2.45, 2.75) is 32.5 Å². The molecule has 0 unspecified atom stereocenters. The summed E-state index contributed by atoms with van der Waals surface area (Å²) in [5.41, 5.74) is 1.16. The second-order valence-corrected chi connectivity index (χ2v) is 3.32. The fourth-order valence-electron chi connectivity index (χ4n) is 0.260. The monoisotopic (exact) mass is 216 g/mol. The Balaban J connectivity index is 0. The number of carbonyl (C=O) groups excluding carboxylic acids is 1. The van der Waals surface area contributed by atoms with Crippen LogP contribution < -0.4 is 11.3 Å². The van der Waals surface area contributed by atoms with Gasteiger partial charge < -0.3 is 4.74 Å². The number of hydrogen-bond acceptors (Lipinski definition) is 4. The Bertz CT molecular complexity index is 154. The van der Waals surface area contributed by atoms with Gasteiger partial charge in [-0.1, -0.05) is 0 Å². The van der Waals surface area contributed by atoms with E-state index in [4.69, 9.17) is 0 Å². The zero-order valence-corrected chi connectivity index (χ0v) is 8.31. The van der Waals surface area contributed by atoms with E-state index in [1.54, 1.807) is 0 Å². The van der Waals surface area contributed by atoms with Gasteiger partial charge in [-0.15, -0.1) is 0 Å². The number of hydrazine groups is 1. The van der Waals surface area contributed by atoms with Crippen molar-refractivity contribution in [1.29, 1.82) is 0 Å². The van der Waals surface area contributed by atoms with Crippen molar-refractivity contribution in [3.05, 3.63) is 0 Å². The summed E-state index contributed by atoms with van der Waals surface area (Å²) in [4.78, 5) is 9.60. The van der Waals surface area contributed by atoms with Crippen LogP contribution in [0.2, 0.25) is 0 Å². The summed E-state index contributed by atoms with van der Waals surface area (Å²) in [6, 6.07) is 0. The van der Waals surface area contributed by atoms with Gasteiger partial charge in [0.05, 0.1) is 0 Å². The summed E-state index contributed by atoms with van der Waals surface area (Å²) in [5, 5.41) is 0. The predicted molar refractivity (Wildman–Crippen MR) is 45.1 cm³/mol. The van der Waals surface area contributed by atoms with Crippen LogP contribution in [-0.4, -0.2) is 24.8 Å². The molecule has 0 spiro atoms. The van der Waals surface area contributed by atoms with E-state index in [1.165, 1.54) is 5.43 Å². The molecule has 7 heteroatoms. The van der Waals surface area contributed by atoms with Crippen LogP contribution in [0.15, 0.2) is 0 Å². The number of nitrogens with one attached hydrogen (secondary N) is 1. The van der Waals surface area contributed by atoms with E-state index in [1.807, 2.05) is 20.8 Å². The van der Waals surface area contributed by atoms with Crippen molar-refractivity contribution < 1.29 is 22.7 Å². The quantitative estimate of drug-likeness (QED) is 0.410. The van der Waals surface area contributed by atoms with Gasteiger partial charge in [0.25, 0.3) is 6.47 Å². The lowest BCUT2D eigenvalue weighted by Gasteiger charge is -2.14. The third-order valence-electron chi connectivity index (χ3n) is 0.704. The molecule has 0 atom stereocenters. The molecule has 0 aliphatic rings. The van der Waals surface area contributed by atoms with Crippen LogP contribution in [0, 0.1) is 0 Å². The largest absolute Gasteiger partial charge is 0.462 e. The van der Waals surface area contributed by atoms with E-state index < -0.39 is 12.7 Å². The maximum Gasteiger partial charge on any atom is 0.402 e. The second-order valence-electron chi connectivity index (χ2n) is 3.32. The van der Waals surface area contributed by atoms with Crippen molar-refractivity contribution >= 4 is 6.47 Å². The molecule has 0 aromatic carbocycles. The van der Waals surface area contributed by atoms with Crippen LogP contribution in [0.4, 0.5) is 13.2 Å². The van der Waals surface area contributed by atoms with Crippen LogP contribution in [0.5, 0.6) is 0 Å². The zero-order valence-electron chi connectivity index (χ0n) is 8.31. The Morgan fingerprint density at radius 1 is 1.36 bits per heavy atom. The van der Waals surface area contributed by atoms with E-state index in [2.05, 4.69) is 10.6 Å². The topological polar surface area (TPSA) is 64.3 Å². The number of nitrogens with two attached hydrogens (primary N) is 1. The van der Waals surface area contributed by atoms with E-state index in [9.17, 15) is 18.0 Å². The first-order valence-electron chi connectivity index (χ1n) is 3.74. The second kappa shape index (κ2) is 6.61. The normalized spacial score (nSPS) is 11.4. The summed E-state index contributed by atoms with van der Waals surface area (Å²) in [6.07, 6.45) is -4.19. The molecular weight excluding hydrogens is 201 g/mol. The molecule has 0 heterocycles. The fraction of sp³-hybridized carbons (Fsp3) is 0.857. The maximum atomic E-state index is 10.9. The molecule has 0 amide bonds. The fourth-order valence-corrected chi connectivity index (χ4v) is 0.260. The minimum absolute atomic E-state index is 0.318. The van der Waals surface area contributed by atoms with Crippen LogP contribution in [0.25, 0.3) is 0 Å². The first-order chi connectivity index (χ1) is 6.12. The molecule has 0 aromatic heterocycles. The van der Waals surface area contributed by atoms with Gasteiger partial charge in [-0.2, -0.15) is 13.2 Å². The molecule has 0 bridgehead atoms. The molecule has 0 fully saturated rings. The number of ether oxygens (including phenoxy) is 1. The molecular formula is C7H15F3N2O2. The van der Waals surface area contributed by atoms with Crippen molar-refractivity contribution in [3.63, 3.8) is 0 Å². The van der Waals surface area contributed by atoms with Crippen LogP contribution in [-0.2, 0) is 9.53 Å². The average molecular weight is 216 g/mol. The summed E-state index contributed by atoms with van der Waals surface area (Å²) in [5.74, 6) is 4.34. The highest BCUT2D eigenvalue weighted by molar-refractivity contribution is 5.37. The van der Waals surface area contributed by atoms with Gasteiger partial charge in [0.1, 0.15) is 12.1 Å². The first kappa shape index (κ1) is 15.6. The Morgan fingerprint density at radius 2 is 1.79 bits per heavy atom. The zero-order chi connectivity index (χ0) is 11.8. The molecule has 0 radical (unpaired) electrons. The minimum Gasteiger partial charge on any atom is -0.462 e. The van der Waals surface area contributed by atoms with Crippen molar-refractivity contribution in [3.8, 4) is 0 Å². The van der Waals surface area contributed by atoms with E-state index in [0.29, 0.717) is 6.47 Å². The molecule has 0 aromatic rings. The molecule has 0 saturated carbocycles. The summed E-state index contributed by atoms with van der Waals surface area (Å²) in [6.45, 7) is 4.79. The molecule has 0 saturated heterocycles. The summed E-state index contributed by atoms with van der Waals surface area (Å²) in [7, 11) is 0. The number of carbonyl (C=O) groups is 1. The van der Waals surface area contributed by atoms with Crippen molar-refractivity contribution in [2.75, 3.05) is 6.54 Å². The third kappa shape index (κ3) is 22.5. The molecule has 86 valence electrons. The SMILES string of the molecule is CC(C)(C)OC=O.NNCC(F)(F)F. The lowest BCUT2D eigenvalue weighted by Crippen LogP contribution is -2.33. The van der Waals surface area contributed by atoms with E-state index in [0.717, 1.165) is 0 Å². The van der Waals surface area contributed by atoms with Gasteiger partial charge >= 0.3 is 6.18 Å². The van der Waals surface area contributed by atoms with Gasteiger partial charge in [0.15, 0.2) is 0 Å². The molecule has 0 aliphatic carbocycles. The van der Waals surface area contributed by atoms with E-state index in [-0.39, 0.29) is 5.60 Å². The average Bonchev–Trinajstić information content (AvgIpc) is 1.81. The molecule has 3 N–H and O–H groups in total. The van der Waals surface area contributed by atoms with Crippen LogP contribution >= 0.6 is 0 Å². The van der Waals surface area contributed by atoms with Gasteiger partial charge in [-0.05, 0) is 20.8 Å². The lowest BCUT2D eigenvalue weighted by atomic mass is 10.2. The molecule has 0 aliphatic heterocycles. The predicted octanol–water partition coefficient (Wildman–Crippen LogP) is 0.970. The Kier molecular flexibility index (Phi) is 7.38. The summed E-state index contributed by atoms with van der Waals surface area (Å²) >= 11 is 0. The lowest BCUT2D eigenvalue weighted by molar-refractivity contribution is -0.138. The molecule has 0 rings (SSSR count). The Hall–Kier alpha value is -0.820. The number of halogens is 3. The minimum atomic E-state index is -4.19. The highest BCUT2D eigenvalue weighted by Crippen LogP contribution is 2.11. The molecule has 4 nitrogen and oxygen atoms in total. The van der Waals surface area contributed by atoms with Crippen LogP contribution in [0.3, 0.4) is 0 Å². The molecule has 14 heavy (non-hydrogen) atoms. The van der Waals surface area contributed by atoms with Gasteiger partial charge in [0, 0.05) is 0 Å². The van der Waals surface area contributed by atoms with Gasteiger partial charge in [0.2, 0.25) is 0 Å². The maximum absolute atomic E-state index is 10.9. The highest BCUT2D eigenvalue weighted by atomic mass is 19.4.